The van der Waals surface area contributed by atoms with Crippen molar-refractivity contribution in [1.82, 2.24) is 4.98 Å². The maximum Gasteiger partial charge on any atom is 0.0852 e. The Balaban J connectivity index is 2.60. The number of aromatic nitrogens is 1. The predicted octanol–water partition coefficient (Wildman–Crippen LogP) is 7.39. The molecule has 1 aromatic heterocycles. The lowest BCUT2D eigenvalue weighted by Crippen LogP contribution is -2.15. The van der Waals surface area contributed by atoms with Crippen LogP contribution in [0.1, 0.15) is 102 Å². The van der Waals surface area contributed by atoms with Crippen LogP contribution in [-0.2, 0) is 0 Å². The van der Waals surface area contributed by atoms with E-state index in [4.69, 9.17) is 15.0 Å². The number of para-hydroxylation sites is 1. The van der Waals surface area contributed by atoms with Gasteiger partial charge in [0.1, 0.15) is 0 Å². The van der Waals surface area contributed by atoms with Crippen LogP contribution in [-0.4, -0.2) is 21.9 Å². The lowest BCUT2D eigenvalue weighted by Gasteiger charge is -2.17. The summed E-state index contributed by atoms with van der Waals surface area (Å²) in [5, 5.41) is 0. The molecule has 0 fully saturated rings. The molecule has 0 N–H and O–H groups in total. The first-order chi connectivity index (χ1) is 13.4. The molecule has 0 saturated heterocycles. The van der Waals surface area contributed by atoms with Crippen LogP contribution in [0, 0.1) is 6.92 Å². The maximum absolute atomic E-state index is 5.10. The first kappa shape index (κ1) is 23.0. The average molecular weight is 392 g/mol. The van der Waals surface area contributed by atoms with E-state index in [9.17, 15) is 0 Å². The number of benzene rings is 1. The van der Waals surface area contributed by atoms with Crippen molar-refractivity contribution in [3.8, 4) is 0 Å². The van der Waals surface area contributed by atoms with Crippen molar-refractivity contribution in [2.24, 2.45) is 9.98 Å². The molecule has 0 atom stereocenters. The summed E-state index contributed by atoms with van der Waals surface area (Å²) in [6.07, 6.45) is 0. The second kappa shape index (κ2) is 9.02. The third kappa shape index (κ3) is 6.09. The van der Waals surface area contributed by atoms with Crippen LogP contribution in [0.3, 0.4) is 0 Å². The molecular weight excluding hydrogens is 354 g/mol. The highest BCUT2D eigenvalue weighted by Crippen LogP contribution is 2.35. The van der Waals surface area contributed by atoms with Crippen molar-refractivity contribution in [1.29, 1.82) is 0 Å². The quantitative estimate of drug-likeness (QED) is 0.490. The Morgan fingerprint density at radius 3 is 1.79 bits per heavy atom. The summed E-state index contributed by atoms with van der Waals surface area (Å²) < 4.78 is 0. The molecule has 0 bridgehead atoms. The molecule has 0 aliphatic rings. The Bertz CT molecular complexity index is 899. The van der Waals surface area contributed by atoms with E-state index in [1.165, 1.54) is 16.7 Å². The summed E-state index contributed by atoms with van der Waals surface area (Å²) in [4.78, 5) is 14.8. The van der Waals surface area contributed by atoms with Gasteiger partial charge < -0.3 is 0 Å². The highest BCUT2D eigenvalue weighted by Gasteiger charge is 2.15. The average Bonchev–Trinajstić information content (AvgIpc) is 2.59. The minimum atomic E-state index is -0.124. The van der Waals surface area contributed by atoms with E-state index < -0.39 is 0 Å². The second-order valence-corrected chi connectivity index (χ2v) is 9.57. The van der Waals surface area contributed by atoms with Gasteiger partial charge in [-0.15, -0.1) is 0 Å². The van der Waals surface area contributed by atoms with E-state index in [1.807, 2.05) is 6.92 Å². The molecule has 0 unspecified atom stereocenters. The van der Waals surface area contributed by atoms with Crippen LogP contribution in [0.2, 0.25) is 0 Å². The third-order valence-corrected chi connectivity index (χ3v) is 4.84. The van der Waals surface area contributed by atoms with Crippen LogP contribution in [0.4, 0.5) is 5.69 Å². The molecule has 3 heteroatoms. The zero-order valence-corrected chi connectivity index (χ0v) is 19.9. The standard InChI is InChI=1S/C26H37N3/c1-16(2)21-12-11-13-22(17(3)4)25(21)27-19(6)23-14-18(5)15-24(28-23)20(7)29-26(8,9)10/h11-17H,1-10H3. The van der Waals surface area contributed by atoms with Gasteiger partial charge in [0.2, 0.25) is 0 Å². The fourth-order valence-corrected chi connectivity index (χ4v) is 3.46. The summed E-state index contributed by atoms with van der Waals surface area (Å²) >= 11 is 0. The van der Waals surface area contributed by atoms with E-state index in [0.29, 0.717) is 11.8 Å². The fourth-order valence-electron chi connectivity index (χ4n) is 3.46. The Kier molecular flexibility index (Phi) is 7.15. The van der Waals surface area contributed by atoms with Crippen molar-refractivity contribution in [3.05, 3.63) is 58.4 Å². The third-order valence-electron chi connectivity index (χ3n) is 4.84. The molecule has 0 radical (unpaired) electrons. The molecule has 2 aromatic rings. The lowest BCUT2D eigenvalue weighted by atomic mass is 9.93. The minimum absolute atomic E-state index is 0.124. The lowest BCUT2D eigenvalue weighted by molar-refractivity contribution is 0.583. The number of hydrogen-bond donors (Lipinski definition) is 0. The monoisotopic (exact) mass is 391 g/mol. The molecule has 1 heterocycles. The van der Waals surface area contributed by atoms with Crippen LogP contribution >= 0.6 is 0 Å². The fraction of sp³-hybridized carbons (Fsp3) is 0.500. The van der Waals surface area contributed by atoms with E-state index >= 15 is 0 Å². The SMILES string of the molecule is CC(=Nc1c(C(C)C)cccc1C(C)C)c1cc(C)cc(C(C)=NC(C)(C)C)n1. The summed E-state index contributed by atoms with van der Waals surface area (Å²) in [6.45, 7) is 21.4. The molecule has 29 heavy (non-hydrogen) atoms. The van der Waals surface area contributed by atoms with Gasteiger partial charge in [-0.05, 0) is 82.2 Å². The van der Waals surface area contributed by atoms with Gasteiger partial charge in [-0.3, -0.25) is 9.98 Å². The normalized spacial score (nSPS) is 13.5. The summed E-state index contributed by atoms with van der Waals surface area (Å²) in [7, 11) is 0. The van der Waals surface area contributed by atoms with Crippen molar-refractivity contribution in [2.75, 3.05) is 0 Å². The number of rotatable bonds is 5. The van der Waals surface area contributed by atoms with Crippen molar-refractivity contribution < 1.29 is 0 Å². The molecule has 0 aliphatic carbocycles. The Morgan fingerprint density at radius 1 is 0.862 bits per heavy atom. The van der Waals surface area contributed by atoms with Gasteiger partial charge in [0.05, 0.1) is 34.0 Å². The Hall–Kier alpha value is -2.29. The Morgan fingerprint density at radius 2 is 1.34 bits per heavy atom. The highest BCUT2D eigenvalue weighted by atomic mass is 14.9. The van der Waals surface area contributed by atoms with E-state index in [-0.39, 0.29) is 5.54 Å². The molecular formula is C26H37N3. The number of aryl methyl sites for hydroxylation is 1. The minimum Gasteiger partial charge on any atom is -0.282 e. The smallest absolute Gasteiger partial charge is 0.0852 e. The van der Waals surface area contributed by atoms with Crippen molar-refractivity contribution in [2.45, 2.75) is 86.6 Å². The zero-order chi connectivity index (χ0) is 21.9. The molecule has 0 saturated carbocycles. The van der Waals surface area contributed by atoms with Crippen molar-refractivity contribution in [3.63, 3.8) is 0 Å². The molecule has 2 rings (SSSR count). The Labute approximate surface area is 177 Å². The summed E-state index contributed by atoms with van der Waals surface area (Å²) in [5.41, 5.74) is 8.45. The van der Waals surface area contributed by atoms with Gasteiger partial charge in [0.25, 0.3) is 0 Å². The van der Waals surface area contributed by atoms with Crippen molar-refractivity contribution >= 4 is 17.1 Å². The maximum atomic E-state index is 5.10. The largest absolute Gasteiger partial charge is 0.282 e. The van der Waals surface area contributed by atoms with Gasteiger partial charge in [0.15, 0.2) is 0 Å². The van der Waals surface area contributed by atoms with Gasteiger partial charge in [-0.2, -0.15) is 0 Å². The summed E-state index contributed by atoms with van der Waals surface area (Å²) in [6, 6.07) is 10.7. The van der Waals surface area contributed by atoms with Gasteiger partial charge in [0, 0.05) is 0 Å². The molecule has 1 aromatic carbocycles. The van der Waals surface area contributed by atoms with E-state index in [0.717, 1.165) is 28.5 Å². The van der Waals surface area contributed by atoms with E-state index in [1.54, 1.807) is 0 Å². The zero-order valence-electron chi connectivity index (χ0n) is 19.9. The number of hydrogen-bond acceptors (Lipinski definition) is 3. The predicted molar refractivity (Wildman–Crippen MR) is 127 cm³/mol. The first-order valence-corrected chi connectivity index (χ1v) is 10.6. The van der Waals surface area contributed by atoms with Crippen LogP contribution in [0.15, 0.2) is 40.3 Å². The van der Waals surface area contributed by atoms with E-state index in [2.05, 4.69) is 92.6 Å². The molecule has 156 valence electrons. The molecule has 0 amide bonds. The van der Waals surface area contributed by atoms with Crippen LogP contribution in [0.5, 0.6) is 0 Å². The summed E-state index contributed by atoms with van der Waals surface area (Å²) in [5.74, 6) is 0.838. The van der Waals surface area contributed by atoms with Gasteiger partial charge in [-0.25, -0.2) is 4.98 Å². The number of aliphatic imine (C=N–C) groups is 2. The van der Waals surface area contributed by atoms with Crippen LogP contribution < -0.4 is 0 Å². The topological polar surface area (TPSA) is 37.6 Å². The molecule has 0 spiro atoms. The second-order valence-electron chi connectivity index (χ2n) is 9.57. The highest BCUT2D eigenvalue weighted by molar-refractivity contribution is 6.02. The van der Waals surface area contributed by atoms with Gasteiger partial charge in [-0.1, -0.05) is 45.9 Å². The molecule has 3 nitrogen and oxygen atoms in total. The first-order valence-electron chi connectivity index (χ1n) is 10.6. The van der Waals surface area contributed by atoms with Gasteiger partial charge >= 0.3 is 0 Å². The number of nitrogens with zero attached hydrogens (tertiary/aromatic N) is 3. The number of pyridine rings is 1. The van der Waals surface area contributed by atoms with Crippen LogP contribution in [0.25, 0.3) is 0 Å². The molecule has 0 aliphatic heterocycles.